The van der Waals surface area contributed by atoms with Gasteiger partial charge in [0.05, 0.1) is 24.8 Å². The van der Waals surface area contributed by atoms with E-state index in [9.17, 15) is 18.0 Å². The van der Waals surface area contributed by atoms with Crippen LogP contribution in [0.25, 0.3) is 0 Å². The smallest absolute Gasteiger partial charge is 0.372 e. The van der Waals surface area contributed by atoms with Crippen LogP contribution in [0.15, 0.2) is 0 Å². The van der Waals surface area contributed by atoms with Gasteiger partial charge in [-0.1, -0.05) is 0 Å². The molecule has 0 radical (unpaired) electrons. The summed E-state index contributed by atoms with van der Waals surface area (Å²) in [4.78, 5) is 14.1. The molecule has 0 aliphatic carbocycles. The summed E-state index contributed by atoms with van der Waals surface area (Å²) in [5, 5.41) is 4.38. The maximum atomic E-state index is 12.3. The molecule has 1 saturated heterocycles. The summed E-state index contributed by atoms with van der Waals surface area (Å²) in [6, 6.07) is -0.0428. The summed E-state index contributed by atoms with van der Waals surface area (Å²) < 4.78 is 42.4. The highest BCUT2D eigenvalue weighted by atomic mass is 19.4. The van der Waals surface area contributed by atoms with Crippen LogP contribution < -0.4 is 0 Å². The van der Waals surface area contributed by atoms with Crippen molar-refractivity contribution >= 4 is 5.91 Å². The fraction of sp³-hybridized carbons (Fsp3) is 0.733. The molecule has 5 nitrogen and oxygen atoms in total. The molecule has 1 amide bonds. The summed E-state index contributed by atoms with van der Waals surface area (Å²) in [6.07, 6.45) is -2.66. The van der Waals surface area contributed by atoms with E-state index in [0.29, 0.717) is 6.54 Å². The Bertz CT molecular complexity index is 569. The molecule has 2 heterocycles. The fourth-order valence-corrected chi connectivity index (χ4v) is 3.13. The van der Waals surface area contributed by atoms with E-state index in [2.05, 4.69) is 9.84 Å². The summed E-state index contributed by atoms with van der Waals surface area (Å²) in [6.45, 7) is 2.96. The number of carbonyl (C=O) groups excluding carboxylic acids is 1. The Morgan fingerprint density at radius 3 is 2.65 bits per heavy atom. The van der Waals surface area contributed by atoms with Gasteiger partial charge in [-0.25, -0.2) is 0 Å². The maximum Gasteiger partial charge on any atom is 0.411 e. The zero-order valence-corrected chi connectivity index (χ0v) is 13.6. The van der Waals surface area contributed by atoms with Gasteiger partial charge in [-0.05, 0) is 26.7 Å². The number of rotatable bonds is 5. The van der Waals surface area contributed by atoms with Gasteiger partial charge in [-0.15, -0.1) is 0 Å². The number of hydrogen-bond acceptors (Lipinski definition) is 3. The number of ether oxygens (including phenoxy) is 1. The van der Waals surface area contributed by atoms with Crippen LogP contribution in [0, 0.1) is 13.8 Å². The first-order valence-electron chi connectivity index (χ1n) is 7.64. The van der Waals surface area contributed by atoms with Crippen LogP contribution in [-0.4, -0.2) is 46.5 Å². The second-order valence-corrected chi connectivity index (χ2v) is 5.87. The molecule has 2 rings (SSSR count). The second kappa shape index (κ2) is 6.90. The Balaban J connectivity index is 1.97. The number of alkyl halides is 3. The molecular formula is C15H22F3N3O2. The lowest BCUT2D eigenvalue weighted by atomic mass is 10.0. The third-order valence-corrected chi connectivity index (χ3v) is 4.20. The minimum Gasteiger partial charge on any atom is -0.372 e. The molecular weight excluding hydrogens is 311 g/mol. The van der Waals surface area contributed by atoms with E-state index in [4.69, 9.17) is 0 Å². The molecule has 0 spiro atoms. The van der Waals surface area contributed by atoms with Crippen LogP contribution in [0.4, 0.5) is 13.2 Å². The van der Waals surface area contributed by atoms with Crippen molar-refractivity contribution < 1.29 is 22.7 Å². The van der Waals surface area contributed by atoms with Gasteiger partial charge in [0, 0.05) is 24.8 Å². The summed E-state index contributed by atoms with van der Waals surface area (Å²) in [7, 11) is 1.86. The van der Waals surface area contributed by atoms with Crippen molar-refractivity contribution in [1.29, 1.82) is 0 Å². The van der Waals surface area contributed by atoms with Gasteiger partial charge < -0.3 is 9.64 Å². The Morgan fingerprint density at radius 1 is 1.39 bits per heavy atom. The van der Waals surface area contributed by atoms with Crippen molar-refractivity contribution in [2.75, 3.05) is 19.8 Å². The normalized spacial score (nSPS) is 18.7. The minimum atomic E-state index is -4.36. The van der Waals surface area contributed by atoms with Gasteiger partial charge in [0.25, 0.3) is 0 Å². The Hall–Kier alpha value is -1.57. The van der Waals surface area contributed by atoms with Crippen molar-refractivity contribution in [3.63, 3.8) is 0 Å². The van der Waals surface area contributed by atoms with Gasteiger partial charge in [-0.3, -0.25) is 9.48 Å². The van der Waals surface area contributed by atoms with Crippen LogP contribution in [0.2, 0.25) is 0 Å². The Morgan fingerprint density at radius 2 is 2.09 bits per heavy atom. The van der Waals surface area contributed by atoms with Gasteiger partial charge in [0.1, 0.15) is 6.61 Å². The van der Waals surface area contributed by atoms with E-state index >= 15 is 0 Å². The molecule has 0 saturated carbocycles. The second-order valence-electron chi connectivity index (χ2n) is 5.87. The number of amides is 1. The molecule has 1 aliphatic heterocycles. The highest BCUT2D eigenvalue weighted by Gasteiger charge is 2.33. The largest absolute Gasteiger partial charge is 0.411 e. The highest BCUT2D eigenvalue weighted by Crippen LogP contribution is 2.35. The van der Waals surface area contributed by atoms with Gasteiger partial charge in [-0.2, -0.15) is 18.3 Å². The monoisotopic (exact) mass is 333 g/mol. The van der Waals surface area contributed by atoms with Crippen LogP contribution >= 0.6 is 0 Å². The number of halogens is 3. The predicted molar refractivity (Wildman–Crippen MR) is 77.9 cm³/mol. The van der Waals surface area contributed by atoms with Crippen LogP contribution in [0.1, 0.15) is 42.3 Å². The molecule has 0 bridgehead atoms. The molecule has 0 N–H and O–H groups in total. The number of carbonyl (C=O) groups is 1. The highest BCUT2D eigenvalue weighted by molar-refractivity contribution is 5.77. The predicted octanol–water partition coefficient (Wildman–Crippen LogP) is 2.67. The number of aromatic nitrogens is 2. The molecule has 8 heteroatoms. The quantitative estimate of drug-likeness (QED) is 0.779. The molecule has 1 unspecified atom stereocenters. The first kappa shape index (κ1) is 17.8. The zero-order chi connectivity index (χ0) is 17.2. The van der Waals surface area contributed by atoms with Crippen molar-refractivity contribution in [3.05, 3.63) is 17.0 Å². The number of aryl methyl sites for hydroxylation is 2. The van der Waals surface area contributed by atoms with E-state index in [-0.39, 0.29) is 25.0 Å². The van der Waals surface area contributed by atoms with Gasteiger partial charge >= 0.3 is 6.18 Å². The average molecular weight is 333 g/mol. The lowest BCUT2D eigenvalue weighted by molar-refractivity contribution is -0.175. The van der Waals surface area contributed by atoms with Gasteiger partial charge in [0.2, 0.25) is 5.91 Å². The first-order chi connectivity index (χ1) is 10.7. The van der Waals surface area contributed by atoms with E-state index < -0.39 is 12.8 Å². The lowest BCUT2D eigenvalue weighted by Crippen LogP contribution is -2.32. The van der Waals surface area contributed by atoms with Crippen LogP contribution in [0.5, 0.6) is 0 Å². The number of likely N-dealkylation sites (tertiary alicyclic amines) is 1. The van der Waals surface area contributed by atoms with E-state index in [0.717, 1.165) is 29.8 Å². The van der Waals surface area contributed by atoms with Crippen LogP contribution in [-0.2, 0) is 16.6 Å². The molecule has 23 heavy (non-hydrogen) atoms. The third-order valence-electron chi connectivity index (χ3n) is 4.20. The molecule has 1 aromatic heterocycles. The first-order valence-corrected chi connectivity index (χ1v) is 7.64. The van der Waals surface area contributed by atoms with Crippen molar-refractivity contribution in [2.45, 2.75) is 45.3 Å². The fourth-order valence-electron chi connectivity index (χ4n) is 3.13. The Kier molecular flexibility index (Phi) is 5.33. The summed E-state index contributed by atoms with van der Waals surface area (Å²) in [5.41, 5.74) is 2.96. The number of hydrogen-bond donors (Lipinski definition) is 0. The van der Waals surface area contributed by atoms with E-state index in [1.54, 1.807) is 9.58 Å². The standard InChI is InChI=1S/C15H22F3N3O2/c1-10-14(11(2)20(3)19-10)12-5-4-7-21(12)13(22)6-8-23-9-15(16,17)18/h12H,4-9H2,1-3H3. The molecule has 1 fully saturated rings. The van der Waals surface area contributed by atoms with Crippen molar-refractivity contribution in [3.8, 4) is 0 Å². The van der Waals surface area contributed by atoms with Crippen molar-refractivity contribution in [2.24, 2.45) is 7.05 Å². The molecule has 1 atom stereocenters. The number of nitrogens with zero attached hydrogens (tertiary/aromatic N) is 3. The van der Waals surface area contributed by atoms with Gasteiger partial charge in [0.15, 0.2) is 0 Å². The maximum absolute atomic E-state index is 12.3. The molecule has 130 valence electrons. The average Bonchev–Trinajstić information content (AvgIpc) is 2.99. The van der Waals surface area contributed by atoms with E-state index in [1.807, 2.05) is 20.9 Å². The minimum absolute atomic E-state index is 0.0368. The molecule has 1 aliphatic rings. The third kappa shape index (κ3) is 4.25. The lowest BCUT2D eigenvalue weighted by Gasteiger charge is -2.25. The topological polar surface area (TPSA) is 47.4 Å². The van der Waals surface area contributed by atoms with Crippen LogP contribution in [0.3, 0.4) is 0 Å². The zero-order valence-electron chi connectivity index (χ0n) is 13.6. The summed E-state index contributed by atoms with van der Waals surface area (Å²) >= 11 is 0. The Labute approximate surface area is 133 Å². The van der Waals surface area contributed by atoms with Crippen molar-refractivity contribution in [1.82, 2.24) is 14.7 Å². The SMILES string of the molecule is Cc1nn(C)c(C)c1C1CCCN1C(=O)CCOCC(F)(F)F. The molecule has 1 aromatic rings. The molecule has 0 aromatic carbocycles. The van der Waals surface area contributed by atoms with E-state index in [1.165, 1.54) is 0 Å². The summed E-state index contributed by atoms with van der Waals surface area (Å²) in [5.74, 6) is -0.169.